The van der Waals surface area contributed by atoms with Crippen LogP contribution in [0.4, 0.5) is 0 Å². The van der Waals surface area contributed by atoms with E-state index in [1.165, 1.54) is 62.6 Å². The van der Waals surface area contributed by atoms with Gasteiger partial charge in [0.1, 0.15) is 5.75 Å². The summed E-state index contributed by atoms with van der Waals surface area (Å²) < 4.78 is 5.94. The minimum absolute atomic E-state index is 0.336. The number of phenols is 1. The highest BCUT2D eigenvalue weighted by Crippen LogP contribution is 2.56. The summed E-state index contributed by atoms with van der Waals surface area (Å²) in [7, 11) is 0. The quantitative estimate of drug-likeness (QED) is 0.900. The van der Waals surface area contributed by atoms with Gasteiger partial charge in [-0.15, -0.1) is 0 Å². The van der Waals surface area contributed by atoms with Crippen LogP contribution in [0.3, 0.4) is 0 Å². The number of ether oxygens (including phenoxy) is 1. The van der Waals surface area contributed by atoms with Crippen molar-refractivity contribution in [3.63, 3.8) is 0 Å². The molecule has 3 heteroatoms. The first-order valence-corrected chi connectivity index (χ1v) is 9.94. The number of benzene rings is 1. The van der Waals surface area contributed by atoms with Gasteiger partial charge in [0.15, 0.2) is 0 Å². The summed E-state index contributed by atoms with van der Waals surface area (Å²) in [5.74, 6) is 1.23. The fourth-order valence-electron chi connectivity index (χ4n) is 6.35. The first-order chi connectivity index (χ1) is 11.8. The molecule has 2 bridgehead atoms. The monoisotopic (exact) mass is 327 g/mol. The van der Waals surface area contributed by atoms with Gasteiger partial charge in [0.2, 0.25) is 0 Å². The van der Waals surface area contributed by atoms with E-state index in [0.717, 1.165) is 25.5 Å². The molecule has 1 aromatic carbocycles. The van der Waals surface area contributed by atoms with Crippen LogP contribution >= 0.6 is 0 Å². The highest BCUT2D eigenvalue weighted by molar-refractivity contribution is 5.45. The third-order valence-corrected chi connectivity index (χ3v) is 7.40. The molecule has 1 saturated carbocycles. The van der Waals surface area contributed by atoms with Gasteiger partial charge in [0, 0.05) is 24.6 Å². The van der Waals surface area contributed by atoms with Gasteiger partial charge >= 0.3 is 0 Å². The molecule has 2 aliphatic heterocycles. The Labute approximate surface area is 145 Å². The maximum absolute atomic E-state index is 10.1. The zero-order valence-electron chi connectivity index (χ0n) is 14.5. The molecule has 24 heavy (non-hydrogen) atoms. The second kappa shape index (κ2) is 5.74. The molecular formula is C21H29NO2. The highest BCUT2D eigenvalue weighted by atomic mass is 16.5. The maximum Gasteiger partial charge on any atom is 0.115 e. The molecule has 4 aliphatic rings. The lowest BCUT2D eigenvalue weighted by Crippen LogP contribution is -2.61. The van der Waals surface area contributed by atoms with Crippen LogP contribution in [0.5, 0.6) is 5.75 Å². The fraction of sp³-hybridized carbons (Fsp3) is 0.714. The first-order valence-electron chi connectivity index (χ1n) is 9.94. The summed E-state index contributed by atoms with van der Waals surface area (Å²) in [6, 6.07) is 6.86. The summed E-state index contributed by atoms with van der Waals surface area (Å²) >= 11 is 0. The average molecular weight is 327 g/mol. The molecule has 2 saturated heterocycles. The van der Waals surface area contributed by atoms with Crippen molar-refractivity contribution < 1.29 is 9.84 Å². The molecule has 2 aliphatic carbocycles. The summed E-state index contributed by atoms with van der Waals surface area (Å²) in [6.07, 6.45) is 10.8. The standard InChI is InChI=1S/C21H29NO2/c23-16-7-6-15-12-20-18-5-1-2-8-21(18,19(15)13-16)9-10-22(20)14-17-4-3-11-24-17/h6-7,13,17-18,20,23H,1-5,8-12,14H2/t17-,18?,20?,21?/m0/s1. The Kier molecular flexibility index (Phi) is 3.64. The molecule has 0 aromatic heterocycles. The Bertz CT molecular complexity index is 624. The molecule has 5 rings (SSSR count). The van der Waals surface area contributed by atoms with E-state index in [1.807, 2.05) is 6.07 Å². The molecule has 0 spiro atoms. The second-order valence-corrected chi connectivity index (χ2v) is 8.50. The Balaban J connectivity index is 1.51. The number of phenolic OH excluding ortho intramolecular Hbond substituents is 1. The lowest BCUT2D eigenvalue weighted by Gasteiger charge is -2.59. The fourth-order valence-corrected chi connectivity index (χ4v) is 6.35. The second-order valence-electron chi connectivity index (χ2n) is 8.50. The molecule has 3 unspecified atom stereocenters. The van der Waals surface area contributed by atoms with E-state index in [1.54, 1.807) is 0 Å². The summed E-state index contributed by atoms with van der Waals surface area (Å²) in [4.78, 5) is 2.76. The van der Waals surface area contributed by atoms with E-state index in [9.17, 15) is 5.11 Å². The normalized spacial score (nSPS) is 38.6. The van der Waals surface area contributed by atoms with E-state index in [0.29, 0.717) is 23.3 Å². The molecule has 2 heterocycles. The minimum Gasteiger partial charge on any atom is -0.508 e. The third kappa shape index (κ3) is 2.24. The maximum atomic E-state index is 10.1. The van der Waals surface area contributed by atoms with E-state index in [-0.39, 0.29) is 0 Å². The van der Waals surface area contributed by atoms with Crippen LogP contribution in [0.25, 0.3) is 0 Å². The molecule has 130 valence electrons. The molecule has 0 amide bonds. The van der Waals surface area contributed by atoms with Crippen molar-refractivity contribution in [2.75, 3.05) is 19.7 Å². The lowest BCUT2D eigenvalue weighted by atomic mass is 9.52. The molecule has 3 nitrogen and oxygen atoms in total. The summed E-state index contributed by atoms with van der Waals surface area (Å²) in [6.45, 7) is 3.29. The van der Waals surface area contributed by atoms with Crippen LogP contribution in [0, 0.1) is 5.92 Å². The smallest absolute Gasteiger partial charge is 0.115 e. The zero-order valence-corrected chi connectivity index (χ0v) is 14.5. The Morgan fingerprint density at radius 1 is 1.17 bits per heavy atom. The topological polar surface area (TPSA) is 32.7 Å². The summed E-state index contributed by atoms with van der Waals surface area (Å²) in [5, 5.41) is 10.1. The van der Waals surface area contributed by atoms with Crippen LogP contribution in [0.15, 0.2) is 18.2 Å². The van der Waals surface area contributed by atoms with Crippen LogP contribution in [0.1, 0.15) is 56.1 Å². The Morgan fingerprint density at radius 2 is 2.12 bits per heavy atom. The molecular weight excluding hydrogens is 298 g/mol. The van der Waals surface area contributed by atoms with Gasteiger partial charge in [0.25, 0.3) is 0 Å². The molecule has 1 aromatic rings. The Hall–Kier alpha value is -1.06. The lowest BCUT2D eigenvalue weighted by molar-refractivity contribution is -0.0347. The van der Waals surface area contributed by atoms with Crippen molar-refractivity contribution in [3.8, 4) is 5.75 Å². The molecule has 0 radical (unpaired) electrons. The predicted octanol–water partition coefficient (Wildman–Crippen LogP) is 3.63. The van der Waals surface area contributed by atoms with Gasteiger partial charge in [-0.1, -0.05) is 18.9 Å². The van der Waals surface area contributed by atoms with Gasteiger partial charge in [0.05, 0.1) is 6.10 Å². The van der Waals surface area contributed by atoms with Gasteiger partial charge in [-0.25, -0.2) is 0 Å². The van der Waals surface area contributed by atoms with E-state index in [4.69, 9.17) is 4.74 Å². The van der Waals surface area contributed by atoms with Crippen molar-refractivity contribution in [3.05, 3.63) is 29.3 Å². The van der Waals surface area contributed by atoms with Crippen molar-refractivity contribution >= 4 is 0 Å². The van der Waals surface area contributed by atoms with Crippen molar-refractivity contribution in [2.24, 2.45) is 5.92 Å². The highest BCUT2D eigenvalue weighted by Gasteiger charge is 2.53. The number of fused-ring (bicyclic) bond motifs is 1. The van der Waals surface area contributed by atoms with Crippen molar-refractivity contribution in [1.82, 2.24) is 4.90 Å². The van der Waals surface area contributed by atoms with Gasteiger partial charge in [-0.2, -0.15) is 0 Å². The molecule has 1 N–H and O–H groups in total. The molecule has 3 fully saturated rings. The van der Waals surface area contributed by atoms with Crippen molar-refractivity contribution in [2.45, 2.75) is 68.9 Å². The van der Waals surface area contributed by atoms with Gasteiger partial charge < -0.3 is 9.84 Å². The van der Waals surface area contributed by atoms with Gasteiger partial charge in [-0.05, 0) is 74.2 Å². The zero-order chi connectivity index (χ0) is 16.1. The van der Waals surface area contributed by atoms with Crippen LogP contribution in [-0.4, -0.2) is 41.8 Å². The third-order valence-electron chi connectivity index (χ3n) is 7.40. The number of nitrogens with zero attached hydrogens (tertiary/aromatic N) is 1. The largest absolute Gasteiger partial charge is 0.508 e. The number of aromatic hydroxyl groups is 1. The number of hydrogen-bond acceptors (Lipinski definition) is 3. The van der Waals surface area contributed by atoms with E-state index in [2.05, 4.69) is 17.0 Å². The Morgan fingerprint density at radius 3 is 3.00 bits per heavy atom. The van der Waals surface area contributed by atoms with Crippen LogP contribution in [-0.2, 0) is 16.6 Å². The number of piperidine rings is 1. The van der Waals surface area contributed by atoms with Crippen LogP contribution < -0.4 is 0 Å². The summed E-state index contributed by atoms with van der Waals surface area (Å²) in [5.41, 5.74) is 3.32. The number of hydrogen-bond donors (Lipinski definition) is 1. The van der Waals surface area contributed by atoms with E-state index >= 15 is 0 Å². The minimum atomic E-state index is 0.336. The van der Waals surface area contributed by atoms with Crippen LogP contribution in [0.2, 0.25) is 0 Å². The SMILES string of the molecule is Oc1ccc2c(c1)C13CCCCC1C(C2)N(C[C@@H]1CCCO1)CC3. The molecule has 4 atom stereocenters. The average Bonchev–Trinajstić information content (AvgIpc) is 3.11. The van der Waals surface area contributed by atoms with Crippen molar-refractivity contribution in [1.29, 1.82) is 0 Å². The number of likely N-dealkylation sites (tertiary alicyclic amines) is 1. The first kappa shape index (κ1) is 15.2. The number of rotatable bonds is 2. The van der Waals surface area contributed by atoms with E-state index < -0.39 is 0 Å². The van der Waals surface area contributed by atoms with Gasteiger partial charge in [-0.3, -0.25) is 4.90 Å². The predicted molar refractivity (Wildman–Crippen MR) is 94.4 cm³/mol.